The van der Waals surface area contributed by atoms with E-state index in [1.54, 1.807) is 0 Å². The molecule has 2 fully saturated rings. The molecule has 92 valence electrons. The zero-order valence-electron chi connectivity index (χ0n) is 9.84. The fourth-order valence-corrected chi connectivity index (χ4v) is 2.27. The van der Waals surface area contributed by atoms with E-state index in [2.05, 4.69) is 5.32 Å². The van der Waals surface area contributed by atoms with E-state index in [9.17, 15) is 4.79 Å². The Labute approximate surface area is 96.9 Å². The molecule has 1 amide bonds. The smallest absolute Gasteiger partial charge is 0.227 e. The predicted octanol–water partition coefficient (Wildman–Crippen LogP) is 0.658. The first kappa shape index (κ1) is 11.9. The molecule has 1 aliphatic heterocycles. The maximum Gasteiger partial charge on any atom is 0.227 e. The molecule has 16 heavy (non-hydrogen) atoms. The molecule has 4 nitrogen and oxygen atoms in total. The first-order valence-electron chi connectivity index (χ1n) is 6.33. The average molecular weight is 226 g/mol. The number of hydrogen-bond donors (Lipinski definition) is 2. The van der Waals surface area contributed by atoms with Gasteiger partial charge in [-0.25, -0.2) is 0 Å². The number of nitrogens with one attached hydrogen (secondary N) is 1. The zero-order chi connectivity index (χ0) is 11.4. The molecule has 1 aliphatic carbocycles. The summed E-state index contributed by atoms with van der Waals surface area (Å²) in [7, 11) is 0. The third-order valence-corrected chi connectivity index (χ3v) is 3.86. The lowest BCUT2D eigenvalue weighted by atomic mass is 9.79. The Morgan fingerprint density at radius 2 is 2.06 bits per heavy atom. The van der Waals surface area contributed by atoms with Crippen molar-refractivity contribution in [1.29, 1.82) is 0 Å². The molecular formula is C12H22N2O2. The summed E-state index contributed by atoms with van der Waals surface area (Å²) in [6, 6.07) is 0. The van der Waals surface area contributed by atoms with E-state index in [1.165, 1.54) is 12.8 Å². The van der Waals surface area contributed by atoms with E-state index in [-0.39, 0.29) is 11.3 Å². The molecule has 0 aromatic heterocycles. The number of ether oxygens (including phenoxy) is 1. The quantitative estimate of drug-likeness (QED) is 0.723. The minimum atomic E-state index is -0.359. The van der Waals surface area contributed by atoms with Crippen LogP contribution in [0.1, 0.15) is 32.1 Å². The van der Waals surface area contributed by atoms with Gasteiger partial charge in [-0.15, -0.1) is 0 Å². The van der Waals surface area contributed by atoms with Crippen LogP contribution in [0.5, 0.6) is 0 Å². The van der Waals surface area contributed by atoms with Crippen LogP contribution in [0.15, 0.2) is 0 Å². The van der Waals surface area contributed by atoms with Gasteiger partial charge in [-0.2, -0.15) is 0 Å². The Bertz CT molecular complexity index is 245. The van der Waals surface area contributed by atoms with Gasteiger partial charge in [-0.05, 0) is 25.2 Å². The molecule has 0 spiro atoms. The molecule has 0 unspecified atom stereocenters. The van der Waals surface area contributed by atoms with Crippen molar-refractivity contribution >= 4 is 5.91 Å². The van der Waals surface area contributed by atoms with E-state index >= 15 is 0 Å². The van der Waals surface area contributed by atoms with Gasteiger partial charge in [0.15, 0.2) is 0 Å². The number of amides is 1. The van der Waals surface area contributed by atoms with Gasteiger partial charge in [0, 0.05) is 26.3 Å². The Morgan fingerprint density at radius 3 is 2.62 bits per heavy atom. The van der Waals surface area contributed by atoms with Gasteiger partial charge in [0.2, 0.25) is 5.91 Å². The van der Waals surface area contributed by atoms with Crippen molar-refractivity contribution in [3.05, 3.63) is 0 Å². The van der Waals surface area contributed by atoms with Gasteiger partial charge in [0.05, 0.1) is 5.41 Å². The van der Waals surface area contributed by atoms with Crippen molar-refractivity contribution < 1.29 is 9.53 Å². The van der Waals surface area contributed by atoms with Gasteiger partial charge in [-0.1, -0.05) is 12.8 Å². The first-order valence-corrected chi connectivity index (χ1v) is 6.33. The Balaban J connectivity index is 1.79. The first-order chi connectivity index (χ1) is 7.77. The number of rotatable bonds is 5. The summed E-state index contributed by atoms with van der Waals surface area (Å²) in [5, 5.41) is 3.04. The highest BCUT2D eigenvalue weighted by atomic mass is 16.5. The van der Waals surface area contributed by atoms with Crippen molar-refractivity contribution in [2.45, 2.75) is 32.1 Å². The molecule has 0 atom stereocenters. The van der Waals surface area contributed by atoms with Crippen LogP contribution in [0, 0.1) is 11.3 Å². The summed E-state index contributed by atoms with van der Waals surface area (Å²) in [5.41, 5.74) is 5.41. The topological polar surface area (TPSA) is 64.4 Å². The van der Waals surface area contributed by atoms with Crippen molar-refractivity contribution in [3.63, 3.8) is 0 Å². The van der Waals surface area contributed by atoms with Gasteiger partial charge in [0.1, 0.15) is 0 Å². The monoisotopic (exact) mass is 226 g/mol. The largest absolute Gasteiger partial charge is 0.381 e. The van der Waals surface area contributed by atoms with Crippen molar-refractivity contribution in [3.8, 4) is 0 Å². The Kier molecular flexibility index (Phi) is 3.82. The summed E-state index contributed by atoms with van der Waals surface area (Å²) in [5.74, 6) is 1.00. The molecule has 1 heterocycles. The molecule has 3 N–H and O–H groups in total. The van der Waals surface area contributed by atoms with Crippen LogP contribution < -0.4 is 11.1 Å². The minimum Gasteiger partial charge on any atom is -0.381 e. The summed E-state index contributed by atoms with van der Waals surface area (Å²) < 4.78 is 5.29. The SMILES string of the molecule is NCC1(C(=O)NCCC2CC2)CCOCC1. The fourth-order valence-electron chi connectivity index (χ4n) is 2.27. The van der Waals surface area contributed by atoms with Crippen LogP contribution in [-0.4, -0.2) is 32.2 Å². The molecule has 2 rings (SSSR count). The van der Waals surface area contributed by atoms with Gasteiger partial charge < -0.3 is 15.8 Å². The van der Waals surface area contributed by atoms with Crippen molar-refractivity contribution in [2.24, 2.45) is 17.1 Å². The summed E-state index contributed by atoms with van der Waals surface area (Å²) in [4.78, 5) is 12.1. The van der Waals surface area contributed by atoms with Crippen LogP contribution in [0.25, 0.3) is 0 Å². The van der Waals surface area contributed by atoms with E-state index in [4.69, 9.17) is 10.5 Å². The lowest BCUT2D eigenvalue weighted by Gasteiger charge is -2.34. The minimum absolute atomic E-state index is 0.138. The Hall–Kier alpha value is -0.610. The van der Waals surface area contributed by atoms with E-state index in [0.29, 0.717) is 19.8 Å². The van der Waals surface area contributed by atoms with E-state index in [1.807, 2.05) is 0 Å². The van der Waals surface area contributed by atoms with Crippen LogP contribution in [0.3, 0.4) is 0 Å². The van der Waals surface area contributed by atoms with Gasteiger partial charge in [-0.3, -0.25) is 4.79 Å². The van der Waals surface area contributed by atoms with Crippen molar-refractivity contribution in [2.75, 3.05) is 26.3 Å². The van der Waals surface area contributed by atoms with Crippen LogP contribution >= 0.6 is 0 Å². The molecule has 0 aromatic rings. The second-order valence-corrected chi connectivity index (χ2v) is 5.08. The average Bonchev–Trinajstić information content (AvgIpc) is 3.14. The molecule has 4 heteroatoms. The number of nitrogens with two attached hydrogens (primary N) is 1. The predicted molar refractivity (Wildman–Crippen MR) is 61.9 cm³/mol. The maximum atomic E-state index is 12.1. The number of carbonyl (C=O) groups is 1. The standard InChI is InChI=1S/C12H22N2O2/c13-9-12(4-7-16-8-5-12)11(15)14-6-3-10-1-2-10/h10H,1-9,13H2,(H,14,15). The highest BCUT2D eigenvalue weighted by molar-refractivity contribution is 5.83. The molecule has 0 bridgehead atoms. The maximum absolute atomic E-state index is 12.1. The summed E-state index contributed by atoms with van der Waals surface area (Å²) in [6.07, 6.45) is 5.33. The fraction of sp³-hybridized carbons (Fsp3) is 0.917. The molecular weight excluding hydrogens is 204 g/mol. The van der Waals surface area contributed by atoms with Gasteiger partial charge >= 0.3 is 0 Å². The molecule has 0 aromatic carbocycles. The normalized spacial score (nSPS) is 24.1. The lowest BCUT2D eigenvalue weighted by molar-refractivity contribution is -0.135. The van der Waals surface area contributed by atoms with Crippen LogP contribution in [0.4, 0.5) is 0 Å². The summed E-state index contributed by atoms with van der Waals surface area (Å²) >= 11 is 0. The molecule has 1 saturated heterocycles. The highest BCUT2D eigenvalue weighted by Crippen LogP contribution is 2.32. The molecule has 1 saturated carbocycles. The zero-order valence-corrected chi connectivity index (χ0v) is 9.84. The van der Waals surface area contributed by atoms with E-state index in [0.717, 1.165) is 31.7 Å². The second-order valence-electron chi connectivity index (χ2n) is 5.08. The number of carbonyl (C=O) groups excluding carboxylic acids is 1. The van der Waals surface area contributed by atoms with E-state index < -0.39 is 0 Å². The lowest BCUT2D eigenvalue weighted by Crippen LogP contribution is -2.49. The number of hydrogen-bond acceptors (Lipinski definition) is 3. The van der Waals surface area contributed by atoms with Crippen molar-refractivity contribution in [1.82, 2.24) is 5.32 Å². The Morgan fingerprint density at radius 1 is 1.38 bits per heavy atom. The second kappa shape index (κ2) is 5.15. The third kappa shape index (κ3) is 2.74. The van der Waals surface area contributed by atoms with Crippen LogP contribution in [-0.2, 0) is 9.53 Å². The highest BCUT2D eigenvalue weighted by Gasteiger charge is 2.38. The third-order valence-electron chi connectivity index (χ3n) is 3.86. The molecule has 2 aliphatic rings. The molecule has 0 radical (unpaired) electrons. The van der Waals surface area contributed by atoms with Crippen LogP contribution in [0.2, 0.25) is 0 Å². The summed E-state index contributed by atoms with van der Waals surface area (Å²) in [6.45, 7) is 2.57. The van der Waals surface area contributed by atoms with Gasteiger partial charge in [0.25, 0.3) is 0 Å².